The molecule has 0 atom stereocenters. The van der Waals surface area contributed by atoms with Crippen LogP contribution in [0.1, 0.15) is 11.1 Å². The minimum atomic E-state index is -4.51. The lowest BCUT2D eigenvalue weighted by molar-refractivity contribution is -0.137. The highest BCUT2D eigenvalue weighted by molar-refractivity contribution is 5.66. The summed E-state index contributed by atoms with van der Waals surface area (Å²) in [7, 11) is 3.81. The average Bonchev–Trinajstić information content (AvgIpc) is 3.14. The second kappa shape index (κ2) is 9.06. The molecule has 1 aromatic carbocycles. The largest absolute Gasteiger partial charge is 0.457 e. The molecule has 3 rings (SSSR count). The number of hydrogen-bond acceptors (Lipinski definition) is 5. The SMILES string of the molecule is CNCCN(C)Cc1c[nH]nc1-c1cc(Oc2ccncc2)cc(C(F)(F)F)c1. The predicted octanol–water partition coefficient (Wildman–Crippen LogP) is 3.93. The van der Waals surface area contributed by atoms with Crippen molar-refractivity contribution in [3.05, 3.63) is 60.0 Å². The molecule has 6 nitrogen and oxygen atoms in total. The van der Waals surface area contributed by atoms with E-state index >= 15 is 0 Å². The quantitative estimate of drug-likeness (QED) is 0.594. The number of rotatable bonds is 8. The van der Waals surface area contributed by atoms with E-state index in [2.05, 4.69) is 25.4 Å². The van der Waals surface area contributed by atoms with Gasteiger partial charge >= 0.3 is 6.18 Å². The van der Waals surface area contributed by atoms with Crippen LogP contribution >= 0.6 is 0 Å². The Morgan fingerprint density at radius 3 is 2.59 bits per heavy atom. The van der Waals surface area contributed by atoms with Gasteiger partial charge in [0.2, 0.25) is 0 Å². The fourth-order valence-corrected chi connectivity index (χ4v) is 2.86. The molecule has 29 heavy (non-hydrogen) atoms. The van der Waals surface area contributed by atoms with Crippen LogP contribution in [0.5, 0.6) is 11.5 Å². The molecule has 9 heteroatoms. The zero-order valence-corrected chi connectivity index (χ0v) is 16.1. The molecule has 0 aliphatic rings. The van der Waals surface area contributed by atoms with E-state index in [0.717, 1.165) is 30.8 Å². The van der Waals surface area contributed by atoms with Crippen molar-refractivity contribution in [2.24, 2.45) is 0 Å². The number of nitrogens with one attached hydrogen (secondary N) is 2. The van der Waals surface area contributed by atoms with E-state index in [9.17, 15) is 13.2 Å². The van der Waals surface area contributed by atoms with Crippen LogP contribution in [-0.2, 0) is 12.7 Å². The van der Waals surface area contributed by atoms with Gasteiger partial charge < -0.3 is 15.0 Å². The van der Waals surface area contributed by atoms with E-state index in [0.29, 0.717) is 23.6 Å². The molecule has 0 radical (unpaired) electrons. The first-order valence-corrected chi connectivity index (χ1v) is 9.03. The number of alkyl halides is 3. The number of aromatic amines is 1. The Balaban J connectivity index is 1.95. The molecule has 3 aromatic rings. The Morgan fingerprint density at radius 1 is 1.14 bits per heavy atom. The Kier molecular flexibility index (Phi) is 6.50. The lowest BCUT2D eigenvalue weighted by Crippen LogP contribution is -2.27. The Hall–Kier alpha value is -2.91. The first-order valence-electron chi connectivity index (χ1n) is 9.03. The highest BCUT2D eigenvalue weighted by Gasteiger charge is 2.32. The van der Waals surface area contributed by atoms with Gasteiger partial charge in [-0.3, -0.25) is 10.1 Å². The number of aromatic nitrogens is 3. The molecule has 0 saturated heterocycles. The third-order valence-corrected chi connectivity index (χ3v) is 4.30. The third kappa shape index (κ3) is 5.55. The number of H-pyrrole nitrogens is 1. The second-order valence-corrected chi connectivity index (χ2v) is 6.63. The summed E-state index contributed by atoms with van der Waals surface area (Å²) in [5.41, 5.74) is 0.809. The molecule has 2 N–H and O–H groups in total. The number of ether oxygens (including phenoxy) is 1. The van der Waals surface area contributed by atoms with Crippen LogP contribution in [0.15, 0.2) is 48.9 Å². The van der Waals surface area contributed by atoms with Gasteiger partial charge in [0.15, 0.2) is 0 Å². The van der Waals surface area contributed by atoms with Crippen LogP contribution in [0, 0.1) is 0 Å². The molecule has 0 amide bonds. The van der Waals surface area contributed by atoms with Crippen LogP contribution in [-0.4, -0.2) is 47.3 Å². The highest BCUT2D eigenvalue weighted by Crippen LogP contribution is 2.37. The molecule has 154 valence electrons. The standard InChI is InChI=1S/C20H22F3N5O/c1-24-7-8-28(2)13-15-12-26-27-19(15)14-9-16(20(21,22)23)11-18(10-14)29-17-3-5-25-6-4-17/h3-6,9-12,24H,7-8,13H2,1-2H3,(H,26,27). The fourth-order valence-electron chi connectivity index (χ4n) is 2.86. The number of pyridine rings is 1. The van der Waals surface area contributed by atoms with Gasteiger partial charge in [-0.05, 0) is 44.4 Å². The average molecular weight is 405 g/mol. The van der Waals surface area contributed by atoms with E-state index in [1.807, 2.05) is 14.1 Å². The van der Waals surface area contributed by atoms with Crippen LogP contribution in [0.4, 0.5) is 13.2 Å². The summed E-state index contributed by atoms with van der Waals surface area (Å²) in [6, 6.07) is 6.79. The van der Waals surface area contributed by atoms with Crippen molar-refractivity contribution in [2.75, 3.05) is 27.2 Å². The minimum Gasteiger partial charge on any atom is -0.457 e. The summed E-state index contributed by atoms with van der Waals surface area (Å²) in [6.45, 7) is 2.14. The van der Waals surface area contributed by atoms with E-state index in [4.69, 9.17) is 4.74 Å². The van der Waals surface area contributed by atoms with Crippen molar-refractivity contribution >= 4 is 0 Å². The molecule has 0 fully saturated rings. The summed E-state index contributed by atoms with van der Waals surface area (Å²) in [4.78, 5) is 5.94. The highest BCUT2D eigenvalue weighted by atomic mass is 19.4. The monoisotopic (exact) mass is 405 g/mol. The molecule has 0 spiro atoms. The Bertz CT molecular complexity index is 927. The third-order valence-electron chi connectivity index (χ3n) is 4.30. The number of likely N-dealkylation sites (N-methyl/N-ethyl adjacent to an activating group) is 2. The first-order chi connectivity index (χ1) is 13.9. The predicted molar refractivity (Wildman–Crippen MR) is 104 cm³/mol. The second-order valence-electron chi connectivity index (χ2n) is 6.63. The number of hydrogen-bond donors (Lipinski definition) is 2. The van der Waals surface area contributed by atoms with Gasteiger partial charge in [-0.1, -0.05) is 0 Å². The van der Waals surface area contributed by atoms with Crippen molar-refractivity contribution in [3.8, 4) is 22.8 Å². The first kappa shape index (κ1) is 20.8. The van der Waals surface area contributed by atoms with Crippen molar-refractivity contribution in [1.29, 1.82) is 0 Å². The summed E-state index contributed by atoms with van der Waals surface area (Å²) >= 11 is 0. The topological polar surface area (TPSA) is 66.1 Å². The molecule has 2 aromatic heterocycles. The van der Waals surface area contributed by atoms with Gasteiger partial charge in [0, 0.05) is 49.4 Å². The zero-order valence-electron chi connectivity index (χ0n) is 16.1. The number of nitrogens with zero attached hydrogens (tertiary/aromatic N) is 3. The van der Waals surface area contributed by atoms with Crippen LogP contribution in [0.2, 0.25) is 0 Å². The Labute approximate surface area is 166 Å². The van der Waals surface area contributed by atoms with Crippen molar-refractivity contribution < 1.29 is 17.9 Å². The summed E-state index contributed by atoms with van der Waals surface area (Å²) in [5.74, 6) is 0.484. The fraction of sp³-hybridized carbons (Fsp3) is 0.300. The molecule has 0 saturated carbocycles. The van der Waals surface area contributed by atoms with Crippen LogP contribution in [0.3, 0.4) is 0 Å². The van der Waals surface area contributed by atoms with E-state index < -0.39 is 11.7 Å². The molecule has 0 aliphatic heterocycles. The summed E-state index contributed by atoms with van der Waals surface area (Å²) in [5, 5.41) is 10.0. The molecule has 2 heterocycles. The Morgan fingerprint density at radius 2 is 1.90 bits per heavy atom. The number of benzene rings is 1. The van der Waals surface area contributed by atoms with Gasteiger partial charge in [0.1, 0.15) is 11.5 Å². The van der Waals surface area contributed by atoms with Crippen LogP contribution in [0.25, 0.3) is 11.3 Å². The minimum absolute atomic E-state index is 0.0820. The van der Waals surface area contributed by atoms with E-state index in [-0.39, 0.29) is 5.75 Å². The molecule has 0 aliphatic carbocycles. The van der Waals surface area contributed by atoms with Gasteiger partial charge in [-0.15, -0.1) is 0 Å². The molecule has 0 unspecified atom stereocenters. The normalized spacial score (nSPS) is 11.8. The maximum absolute atomic E-state index is 13.5. The van der Waals surface area contributed by atoms with Crippen molar-refractivity contribution in [3.63, 3.8) is 0 Å². The number of halogens is 3. The molecular formula is C20H22F3N5O. The lowest BCUT2D eigenvalue weighted by Gasteiger charge is -2.17. The zero-order chi connectivity index (χ0) is 20.9. The van der Waals surface area contributed by atoms with Crippen molar-refractivity contribution in [2.45, 2.75) is 12.7 Å². The van der Waals surface area contributed by atoms with E-state index in [1.165, 1.54) is 12.4 Å². The van der Waals surface area contributed by atoms with Gasteiger partial charge in [0.05, 0.1) is 11.3 Å². The van der Waals surface area contributed by atoms with Gasteiger partial charge in [0.25, 0.3) is 0 Å². The maximum atomic E-state index is 13.5. The lowest BCUT2D eigenvalue weighted by atomic mass is 10.0. The van der Waals surface area contributed by atoms with Crippen molar-refractivity contribution in [1.82, 2.24) is 25.4 Å². The summed E-state index contributed by atoms with van der Waals surface area (Å²) < 4.78 is 46.0. The van der Waals surface area contributed by atoms with Gasteiger partial charge in [-0.25, -0.2) is 0 Å². The summed E-state index contributed by atoms with van der Waals surface area (Å²) in [6.07, 6.45) is 0.217. The van der Waals surface area contributed by atoms with Gasteiger partial charge in [-0.2, -0.15) is 18.3 Å². The van der Waals surface area contributed by atoms with E-state index in [1.54, 1.807) is 24.4 Å². The molecule has 0 bridgehead atoms. The van der Waals surface area contributed by atoms with Crippen LogP contribution < -0.4 is 10.1 Å². The smallest absolute Gasteiger partial charge is 0.416 e. The maximum Gasteiger partial charge on any atom is 0.416 e. The molecular weight excluding hydrogens is 383 g/mol.